The molecule has 0 saturated carbocycles. The third-order valence-electron chi connectivity index (χ3n) is 11.0. The lowest BCUT2D eigenvalue weighted by atomic mass is 9.96. The number of nitrogens with zero attached hydrogens (tertiary/aromatic N) is 4. The minimum Gasteiger partial charge on any atom is -0.310 e. The van der Waals surface area contributed by atoms with Gasteiger partial charge in [0, 0.05) is 69.1 Å². The summed E-state index contributed by atoms with van der Waals surface area (Å²) in [6.07, 6.45) is 12.1. The van der Waals surface area contributed by atoms with Crippen LogP contribution < -0.4 is 9.80 Å². The number of benzene rings is 8. The zero-order valence-electron chi connectivity index (χ0n) is 32.9. The fraction of sp³-hybridized carbons (Fsp3) is 0. The van der Waals surface area contributed by atoms with E-state index in [2.05, 4.69) is 238 Å². The fourth-order valence-corrected chi connectivity index (χ4v) is 8.14. The minimum absolute atomic E-state index is 1.11. The number of para-hydroxylation sites is 4. The Morgan fingerprint density at radius 3 is 0.967 bits per heavy atom. The first-order valence-electron chi connectivity index (χ1n) is 20.2. The van der Waals surface area contributed by atoms with Gasteiger partial charge in [-0.25, -0.2) is 0 Å². The highest BCUT2D eigenvalue weighted by atomic mass is 15.1. The molecule has 0 fully saturated rings. The summed E-state index contributed by atoms with van der Waals surface area (Å²) in [5, 5.41) is 4.50. The number of fused-ring (bicyclic) bond motifs is 2. The average Bonchev–Trinajstić information content (AvgIpc) is 3.33. The Balaban J connectivity index is 0.912. The maximum absolute atomic E-state index is 4.56. The molecule has 0 amide bonds. The van der Waals surface area contributed by atoms with Crippen LogP contribution in [0.1, 0.15) is 11.1 Å². The van der Waals surface area contributed by atoms with Gasteiger partial charge < -0.3 is 9.80 Å². The maximum atomic E-state index is 4.56. The minimum atomic E-state index is 1.11. The van der Waals surface area contributed by atoms with Crippen molar-refractivity contribution in [2.24, 2.45) is 0 Å². The Bertz CT molecular complexity index is 2770. The molecule has 0 atom stereocenters. The van der Waals surface area contributed by atoms with E-state index in [-0.39, 0.29) is 0 Å². The third-order valence-corrected chi connectivity index (χ3v) is 11.0. The lowest BCUT2D eigenvalue weighted by Gasteiger charge is -2.27. The van der Waals surface area contributed by atoms with E-state index in [0.717, 1.165) is 89.0 Å². The predicted octanol–water partition coefficient (Wildman–Crippen LogP) is 15.2. The van der Waals surface area contributed by atoms with Gasteiger partial charge in [0.15, 0.2) is 0 Å². The molecule has 0 bridgehead atoms. The summed E-state index contributed by atoms with van der Waals surface area (Å²) < 4.78 is 0. The molecule has 10 aromatic rings. The van der Waals surface area contributed by atoms with Crippen molar-refractivity contribution in [2.45, 2.75) is 0 Å². The fourth-order valence-electron chi connectivity index (χ4n) is 8.14. The Hall–Kier alpha value is -8.08. The maximum Gasteiger partial charge on any atom is 0.0541 e. The van der Waals surface area contributed by atoms with Crippen molar-refractivity contribution in [3.63, 3.8) is 0 Å². The molecule has 0 aliphatic rings. The van der Waals surface area contributed by atoms with Crippen LogP contribution in [0.4, 0.5) is 34.1 Å². The van der Waals surface area contributed by atoms with Crippen molar-refractivity contribution >= 4 is 67.8 Å². The third kappa shape index (κ3) is 7.19. The average molecular weight is 769 g/mol. The second-order valence-corrected chi connectivity index (χ2v) is 14.7. The summed E-state index contributed by atoms with van der Waals surface area (Å²) in [7, 11) is 0. The summed E-state index contributed by atoms with van der Waals surface area (Å²) in [6.45, 7) is 0. The molecule has 0 aliphatic heterocycles. The number of aromatic nitrogens is 2. The number of anilines is 6. The van der Waals surface area contributed by atoms with Crippen LogP contribution in [0.15, 0.2) is 231 Å². The van der Waals surface area contributed by atoms with Gasteiger partial charge in [-0.2, -0.15) is 0 Å². The van der Waals surface area contributed by atoms with E-state index in [1.165, 1.54) is 0 Å². The normalized spacial score (nSPS) is 11.3. The van der Waals surface area contributed by atoms with Crippen molar-refractivity contribution in [3.8, 4) is 22.3 Å². The van der Waals surface area contributed by atoms with E-state index in [0.29, 0.717) is 0 Å². The summed E-state index contributed by atoms with van der Waals surface area (Å²) in [5.74, 6) is 0. The quantitative estimate of drug-likeness (QED) is 0.130. The summed E-state index contributed by atoms with van der Waals surface area (Å²) in [4.78, 5) is 13.8. The monoisotopic (exact) mass is 768 g/mol. The first kappa shape index (κ1) is 36.3. The van der Waals surface area contributed by atoms with Crippen LogP contribution in [-0.2, 0) is 0 Å². The Morgan fingerprint density at radius 2 is 0.633 bits per heavy atom. The zero-order valence-corrected chi connectivity index (χ0v) is 32.9. The van der Waals surface area contributed by atoms with E-state index >= 15 is 0 Å². The Labute approximate surface area is 350 Å². The summed E-state index contributed by atoms with van der Waals surface area (Å²) in [6, 6.07) is 72.8. The molecule has 284 valence electrons. The first-order chi connectivity index (χ1) is 29.8. The van der Waals surface area contributed by atoms with Crippen LogP contribution in [0.5, 0.6) is 0 Å². The number of pyridine rings is 2. The highest BCUT2D eigenvalue weighted by Crippen LogP contribution is 2.43. The molecule has 0 spiro atoms. The van der Waals surface area contributed by atoms with Gasteiger partial charge in [-0.1, -0.05) is 146 Å². The Kier molecular flexibility index (Phi) is 9.92. The van der Waals surface area contributed by atoms with E-state index in [9.17, 15) is 0 Å². The molecule has 0 N–H and O–H groups in total. The lowest BCUT2D eigenvalue weighted by molar-refractivity contribution is 1.29. The van der Waals surface area contributed by atoms with Crippen LogP contribution in [0, 0.1) is 0 Å². The first-order valence-corrected chi connectivity index (χ1v) is 20.2. The SMILES string of the molecule is C(=Cc1ccc(-c2ccc(N(c3ccccc3)c3ccccc3)c3ccncc23)cc1)c1ccc(-c2ccc(N(c3ccccc3)c3ccccc3)c3ccncc23)cc1. The molecular formula is C56H40N4. The summed E-state index contributed by atoms with van der Waals surface area (Å²) in [5.41, 5.74) is 13.5. The molecule has 0 saturated heterocycles. The van der Waals surface area contributed by atoms with Crippen molar-refractivity contribution in [2.75, 3.05) is 9.80 Å². The van der Waals surface area contributed by atoms with Crippen LogP contribution in [0.3, 0.4) is 0 Å². The van der Waals surface area contributed by atoms with Gasteiger partial charge in [-0.15, -0.1) is 0 Å². The van der Waals surface area contributed by atoms with Gasteiger partial charge in [0.25, 0.3) is 0 Å². The van der Waals surface area contributed by atoms with Gasteiger partial charge in [-0.3, -0.25) is 9.97 Å². The van der Waals surface area contributed by atoms with E-state index in [1.54, 1.807) is 0 Å². The van der Waals surface area contributed by atoms with E-state index in [1.807, 2.05) is 24.8 Å². The second-order valence-electron chi connectivity index (χ2n) is 14.7. The highest BCUT2D eigenvalue weighted by Gasteiger charge is 2.19. The zero-order chi connectivity index (χ0) is 40.1. The van der Waals surface area contributed by atoms with Crippen LogP contribution in [0.2, 0.25) is 0 Å². The van der Waals surface area contributed by atoms with Gasteiger partial charge in [-0.05, 0) is 106 Å². The molecule has 8 aromatic carbocycles. The largest absolute Gasteiger partial charge is 0.310 e. The lowest BCUT2D eigenvalue weighted by Crippen LogP contribution is -2.10. The van der Waals surface area contributed by atoms with Crippen LogP contribution in [-0.4, -0.2) is 9.97 Å². The van der Waals surface area contributed by atoms with E-state index < -0.39 is 0 Å². The topological polar surface area (TPSA) is 32.3 Å². The highest BCUT2D eigenvalue weighted by molar-refractivity contribution is 6.07. The van der Waals surface area contributed by atoms with Crippen molar-refractivity contribution in [1.29, 1.82) is 0 Å². The van der Waals surface area contributed by atoms with Crippen molar-refractivity contribution in [3.05, 3.63) is 242 Å². The molecule has 4 nitrogen and oxygen atoms in total. The van der Waals surface area contributed by atoms with Gasteiger partial charge in [0.2, 0.25) is 0 Å². The molecule has 60 heavy (non-hydrogen) atoms. The molecular weight excluding hydrogens is 729 g/mol. The van der Waals surface area contributed by atoms with Crippen molar-refractivity contribution < 1.29 is 0 Å². The smallest absolute Gasteiger partial charge is 0.0541 e. The summed E-state index contributed by atoms with van der Waals surface area (Å²) >= 11 is 0. The predicted molar refractivity (Wildman–Crippen MR) is 253 cm³/mol. The molecule has 0 unspecified atom stereocenters. The van der Waals surface area contributed by atoms with Crippen LogP contribution in [0.25, 0.3) is 56.0 Å². The second kappa shape index (κ2) is 16.4. The van der Waals surface area contributed by atoms with E-state index in [4.69, 9.17) is 0 Å². The number of rotatable bonds is 10. The standard InChI is InChI=1S/C56H40N4/c1-5-13-45(14-6-1)59(46-15-7-2-8-16-46)55-33-31-49(53-39-57-37-35-51(53)55)43-27-23-41(24-28-43)21-22-42-25-29-44(30-26-42)50-32-34-56(52-36-38-58-40-54(50)52)60(47-17-9-3-10-18-47)48-19-11-4-12-20-48/h1-40H. The molecule has 2 aromatic heterocycles. The van der Waals surface area contributed by atoms with Gasteiger partial charge >= 0.3 is 0 Å². The number of hydrogen-bond acceptors (Lipinski definition) is 4. The van der Waals surface area contributed by atoms with Crippen LogP contribution >= 0.6 is 0 Å². The molecule has 4 heteroatoms. The molecule has 10 rings (SSSR count). The number of hydrogen-bond donors (Lipinski definition) is 0. The molecule has 0 aliphatic carbocycles. The van der Waals surface area contributed by atoms with Gasteiger partial charge in [0.1, 0.15) is 0 Å². The van der Waals surface area contributed by atoms with Gasteiger partial charge in [0.05, 0.1) is 11.4 Å². The van der Waals surface area contributed by atoms with Crippen molar-refractivity contribution in [1.82, 2.24) is 9.97 Å². The Morgan fingerprint density at radius 1 is 0.300 bits per heavy atom. The molecule has 0 radical (unpaired) electrons. The molecule has 2 heterocycles.